The predicted octanol–water partition coefficient (Wildman–Crippen LogP) is 0.108. The number of rotatable bonds is 14. The summed E-state index contributed by atoms with van der Waals surface area (Å²) in [6.45, 7) is 8.20. The molecule has 0 saturated heterocycles. The first kappa shape index (κ1) is 28.5. The number of esters is 2. The summed E-state index contributed by atoms with van der Waals surface area (Å²) in [6, 6.07) is 0. The molecular weight excluding hydrogens is 432 g/mol. The summed E-state index contributed by atoms with van der Waals surface area (Å²) in [5.41, 5.74) is -0.684. The molecular formula is C19H31N2O9S-. The molecule has 0 rings (SSSR count). The third kappa shape index (κ3) is 17.0. The topological polar surface area (TPSA) is 159 Å². The van der Waals surface area contributed by atoms with E-state index in [1.807, 2.05) is 0 Å². The molecule has 1 N–H and O–H groups in total. The van der Waals surface area contributed by atoms with E-state index in [0.717, 1.165) is 0 Å². The summed E-state index contributed by atoms with van der Waals surface area (Å²) in [5.74, 6) is -2.90. The third-order valence-electron chi connectivity index (χ3n) is 3.55. The molecule has 0 unspecified atom stereocenters. The van der Waals surface area contributed by atoms with Crippen LogP contribution >= 0.6 is 0 Å². The number of amides is 2. The molecule has 0 aliphatic rings. The zero-order valence-corrected chi connectivity index (χ0v) is 19.0. The Morgan fingerprint density at radius 3 is 2.13 bits per heavy atom. The van der Waals surface area contributed by atoms with E-state index in [1.54, 1.807) is 20.8 Å². The van der Waals surface area contributed by atoms with Crippen LogP contribution in [0.15, 0.2) is 12.7 Å². The molecule has 0 aliphatic carbocycles. The number of ether oxygens (including phenoxy) is 2. The SMILES string of the molecule is C=CCOC(=O)CCN(CCC(=O)OC(C)(C)C)C(=O)CCC(=O)NCCS(=O)(=O)[O-]. The van der Waals surface area contributed by atoms with Gasteiger partial charge in [0.15, 0.2) is 0 Å². The Balaban J connectivity index is 4.74. The van der Waals surface area contributed by atoms with E-state index in [4.69, 9.17) is 9.47 Å². The van der Waals surface area contributed by atoms with Crippen molar-refractivity contribution in [3.05, 3.63) is 12.7 Å². The van der Waals surface area contributed by atoms with Gasteiger partial charge in [0.05, 0.1) is 28.7 Å². The minimum atomic E-state index is -4.45. The van der Waals surface area contributed by atoms with Crippen molar-refractivity contribution < 1.29 is 41.6 Å². The first-order chi connectivity index (χ1) is 14.2. The first-order valence-electron chi connectivity index (χ1n) is 9.70. The van der Waals surface area contributed by atoms with E-state index in [0.29, 0.717) is 0 Å². The lowest BCUT2D eigenvalue weighted by Crippen LogP contribution is -2.37. The van der Waals surface area contributed by atoms with Crippen LogP contribution in [-0.4, -0.2) is 79.2 Å². The Bertz CT molecular complexity index is 742. The molecule has 0 heterocycles. The van der Waals surface area contributed by atoms with Crippen molar-refractivity contribution in [3.63, 3.8) is 0 Å². The molecule has 2 amide bonds. The maximum absolute atomic E-state index is 12.5. The van der Waals surface area contributed by atoms with Crippen LogP contribution in [0, 0.1) is 0 Å². The van der Waals surface area contributed by atoms with E-state index < -0.39 is 45.2 Å². The second-order valence-electron chi connectivity index (χ2n) is 7.55. The Labute approximate surface area is 182 Å². The standard InChI is InChI=1S/C19H32N2O9S/c1-5-13-29-17(24)8-11-21(12-9-18(25)30-19(2,3)4)16(23)7-6-15(22)20-10-14-31(26,27)28/h5H,1,6-14H2,2-4H3,(H,20,22)(H,26,27,28)/p-1. The van der Waals surface area contributed by atoms with Crippen LogP contribution in [0.2, 0.25) is 0 Å². The summed E-state index contributed by atoms with van der Waals surface area (Å²) >= 11 is 0. The van der Waals surface area contributed by atoms with Gasteiger partial charge in [0.25, 0.3) is 0 Å². The van der Waals surface area contributed by atoms with Crippen LogP contribution in [-0.2, 0) is 38.8 Å². The summed E-state index contributed by atoms with van der Waals surface area (Å²) < 4.78 is 41.6. The zero-order chi connectivity index (χ0) is 24.1. The Hall–Kier alpha value is -2.47. The lowest BCUT2D eigenvalue weighted by Gasteiger charge is -2.24. The van der Waals surface area contributed by atoms with Gasteiger partial charge in [-0.25, -0.2) is 8.42 Å². The van der Waals surface area contributed by atoms with Gasteiger partial charge < -0.3 is 24.2 Å². The van der Waals surface area contributed by atoms with Crippen molar-refractivity contribution in [2.24, 2.45) is 0 Å². The maximum Gasteiger partial charge on any atom is 0.308 e. The van der Waals surface area contributed by atoms with Gasteiger partial charge in [-0.2, -0.15) is 0 Å². The van der Waals surface area contributed by atoms with Crippen LogP contribution in [0.1, 0.15) is 46.5 Å². The molecule has 0 aromatic rings. The van der Waals surface area contributed by atoms with Crippen molar-refractivity contribution in [3.8, 4) is 0 Å². The molecule has 0 aromatic carbocycles. The molecule has 0 bridgehead atoms. The van der Waals surface area contributed by atoms with Gasteiger partial charge in [-0.3, -0.25) is 19.2 Å². The fourth-order valence-electron chi connectivity index (χ4n) is 2.21. The molecule has 0 aliphatic heterocycles. The van der Waals surface area contributed by atoms with Crippen LogP contribution in [0.4, 0.5) is 0 Å². The first-order valence-corrected chi connectivity index (χ1v) is 11.3. The van der Waals surface area contributed by atoms with E-state index in [2.05, 4.69) is 11.9 Å². The van der Waals surface area contributed by atoms with Crippen LogP contribution in [0.3, 0.4) is 0 Å². The Morgan fingerprint density at radius 2 is 1.61 bits per heavy atom. The third-order valence-corrected chi connectivity index (χ3v) is 4.25. The normalized spacial score (nSPS) is 11.4. The average molecular weight is 464 g/mol. The molecule has 0 aromatic heterocycles. The second-order valence-corrected chi connectivity index (χ2v) is 9.07. The maximum atomic E-state index is 12.5. The Morgan fingerprint density at radius 1 is 1.03 bits per heavy atom. The minimum Gasteiger partial charge on any atom is -0.748 e. The van der Waals surface area contributed by atoms with E-state index in [9.17, 15) is 32.1 Å². The molecule has 0 saturated carbocycles. The highest BCUT2D eigenvalue weighted by Gasteiger charge is 2.21. The van der Waals surface area contributed by atoms with E-state index in [-0.39, 0.29) is 51.9 Å². The predicted molar refractivity (Wildman–Crippen MR) is 110 cm³/mol. The monoisotopic (exact) mass is 463 g/mol. The fraction of sp³-hybridized carbons (Fsp3) is 0.684. The molecule has 12 heteroatoms. The zero-order valence-electron chi connectivity index (χ0n) is 18.2. The highest BCUT2D eigenvalue weighted by molar-refractivity contribution is 7.85. The van der Waals surface area contributed by atoms with Gasteiger partial charge in [0.2, 0.25) is 11.8 Å². The average Bonchev–Trinajstić information content (AvgIpc) is 2.61. The lowest BCUT2D eigenvalue weighted by atomic mass is 10.2. The second kappa shape index (κ2) is 13.8. The smallest absolute Gasteiger partial charge is 0.308 e. The lowest BCUT2D eigenvalue weighted by molar-refractivity contribution is -0.155. The van der Waals surface area contributed by atoms with Gasteiger partial charge in [-0.15, -0.1) is 0 Å². The van der Waals surface area contributed by atoms with Crippen LogP contribution < -0.4 is 5.32 Å². The summed E-state index contributed by atoms with van der Waals surface area (Å²) in [7, 11) is -4.45. The molecule has 0 radical (unpaired) electrons. The molecule has 31 heavy (non-hydrogen) atoms. The number of hydrogen-bond donors (Lipinski definition) is 1. The van der Waals surface area contributed by atoms with Crippen molar-refractivity contribution in [1.29, 1.82) is 0 Å². The van der Waals surface area contributed by atoms with Crippen molar-refractivity contribution in [1.82, 2.24) is 10.2 Å². The minimum absolute atomic E-state index is 0.0153. The fourth-order valence-corrected chi connectivity index (χ4v) is 2.56. The number of nitrogens with one attached hydrogen (secondary N) is 1. The van der Waals surface area contributed by atoms with Crippen LogP contribution in [0.25, 0.3) is 0 Å². The summed E-state index contributed by atoms with van der Waals surface area (Å²) in [6.07, 6.45) is 0.716. The van der Waals surface area contributed by atoms with Crippen molar-refractivity contribution >= 4 is 33.9 Å². The van der Waals surface area contributed by atoms with Gasteiger partial charge in [0.1, 0.15) is 12.2 Å². The van der Waals surface area contributed by atoms with Gasteiger partial charge in [-0.1, -0.05) is 12.7 Å². The molecule has 11 nitrogen and oxygen atoms in total. The van der Waals surface area contributed by atoms with Crippen molar-refractivity contribution in [2.75, 3.05) is 32.0 Å². The highest BCUT2D eigenvalue weighted by Crippen LogP contribution is 2.09. The number of nitrogens with zero attached hydrogens (tertiary/aromatic N) is 1. The molecule has 178 valence electrons. The number of carbonyl (C=O) groups is 4. The van der Waals surface area contributed by atoms with E-state index >= 15 is 0 Å². The largest absolute Gasteiger partial charge is 0.748 e. The summed E-state index contributed by atoms with van der Waals surface area (Å²) in [4.78, 5) is 49.1. The van der Waals surface area contributed by atoms with Crippen molar-refractivity contribution in [2.45, 2.75) is 52.1 Å². The molecule has 0 atom stereocenters. The van der Waals surface area contributed by atoms with Crippen LogP contribution in [0.5, 0.6) is 0 Å². The number of hydrogen-bond acceptors (Lipinski definition) is 9. The number of carbonyl (C=O) groups excluding carboxylic acids is 4. The van der Waals surface area contributed by atoms with Gasteiger partial charge >= 0.3 is 11.9 Å². The molecule has 0 spiro atoms. The summed E-state index contributed by atoms with van der Waals surface area (Å²) in [5, 5.41) is 2.24. The quantitative estimate of drug-likeness (QED) is 0.214. The Kier molecular flexibility index (Phi) is 12.7. The highest BCUT2D eigenvalue weighted by atomic mass is 32.2. The van der Waals surface area contributed by atoms with Gasteiger partial charge in [0, 0.05) is 32.5 Å². The molecule has 0 fully saturated rings. The van der Waals surface area contributed by atoms with Gasteiger partial charge in [-0.05, 0) is 20.8 Å². The van der Waals surface area contributed by atoms with E-state index in [1.165, 1.54) is 11.0 Å².